The molecule has 0 aliphatic heterocycles. The summed E-state index contributed by atoms with van der Waals surface area (Å²) in [7, 11) is -3.15. The van der Waals surface area contributed by atoms with E-state index in [0.717, 1.165) is 12.8 Å². The van der Waals surface area contributed by atoms with E-state index in [4.69, 9.17) is 5.73 Å². The standard InChI is InChI=1S/C11H24N2O2S/c1-11(2,3)6-7-16(14,15)13-8-10(12)9-4-5-9/h9-10,13H,4-8,12H2,1-3H3. The molecule has 1 aliphatic carbocycles. The molecule has 1 rings (SSSR count). The van der Waals surface area contributed by atoms with Gasteiger partial charge in [0, 0.05) is 12.6 Å². The second-order valence-corrected chi connectivity index (χ2v) is 7.91. The summed E-state index contributed by atoms with van der Waals surface area (Å²) in [6.45, 7) is 6.51. The minimum Gasteiger partial charge on any atom is -0.326 e. The van der Waals surface area contributed by atoms with Crippen LogP contribution in [-0.2, 0) is 10.0 Å². The van der Waals surface area contributed by atoms with Crippen LogP contribution in [0.4, 0.5) is 0 Å². The van der Waals surface area contributed by atoms with E-state index < -0.39 is 10.0 Å². The zero-order chi connectivity index (χ0) is 12.4. The third kappa shape index (κ3) is 5.82. The van der Waals surface area contributed by atoms with Gasteiger partial charge < -0.3 is 5.73 Å². The third-order valence-corrected chi connectivity index (χ3v) is 4.24. The number of hydrogen-bond donors (Lipinski definition) is 2. The molecule has 0 aromatic heterocycles. The van der Waals surface area contributed by atoms with Crippen LogP contribution < -0.4 is 10.5 Å². The largest absolute Gasteiger partial charge is 0.326 e. The van der Waals surface area contributed by atoms with Crippen LogP contribution in [0.2, 0.25) is 0 Å². The lowest BCUT2D eigenvalue weighted by atomic mass is 9.94. The van der Waals surface area contributed by atoms with Gasteiger partial charge >= 0.3 is 0 Å². The molecular formula is C11H24N2O2S. The fourth-order valence-corrected chi connectivity index (χ4v) is 2.90. The van der Waals surface area contributed by atoms with Crippen LogP contribution in [0.1, 0.15) is 40.0 Å². The van der Waals surface area contributed by atoms with Gasteiger partial charge in [-0.05, 0) is 30.6 Å². The lowest BCUT2D eigenvalue weighted by Crippen LogP contribution is -2.39. The van der Waals surface area contributed by atoms with Crippen LogP contribution in [-0.4, -0.2) is 26.8 Å². The fraction of sp³-hybridized carbons (Fsp3) is 1.00. The zero-order valence-corrected chi connectivity index (χ0v) is 11.3. The van der Waals surface area contributed by atoms with Gasteiger partial charge in [-0.3, -0.25) is 0 Å². The molecule has 1 unspecified atom stereocenters. The molecule has 96 valence electrons. The maximum atomic E-state index is 11.7. The highest BCUT2D eigenvalue weighted by molar-refractivity contribution is 7.89. The average molecular weight is 248 g/mol. The van der Waals surface area contributed by atoms with Gasteiger partial charge in [-0.25, -0.2) is 13.1 Å². The highest BCUT2D eigenvalue weighted by atomic mass is 32.2. The van der Waals surface area contributed by atoms with Gasteiger partial charge in [0.1, 0.15) is 0 Å². The van der Waals surface area contributed by atoms with Gasteiger partial charge in [-0.2, -0.15) is 0 Å². The van der Waals surface area contributed by atoms with Gasteiger partial charge in [0.2, 0.25) is 10.0 Å². The molecule has 0 bridgehead atoms. The van der Waals surface area contributed by atoms with Crippen molar-refractivity contribution in [1.82, 2.24) is 4.72 Å². The average Bonchev–Trinajstić information content (AvgIpc) is 2.93. The Kier molecular flexibility index (Phi) is 4.37. The summed E-state index contributed by atoms with van der Waals surface area (Å²) in [6, 6.07) is -0.00980. The molecule has 5 heteroatoms. The maximum Gasteiger partial charge on any atom is 0.211 e. The molecule has 0 amide bonds. The molecule has 0 aromatic carbocycles. The summed E-state index contributed by atoms with van der Waals surface area (Å²) in [5.74, 6) is 0.721. The summed E-state index contributed by atoms with van der Waals surface area (Å²) in [5.41, 5.74) is 5.89. The smallest absolute Gasteiger partial charge is 0.211 e. The Morgan fingerprint density at radius 3 is 2.38 bits per heavy atom. The summed E-state index contributed by atoms with van der Waals surface area (Å²) < 4.78 is 25.9. The molecule has 1 aliphatic rings. The van der Waals surface area contributed by atoms with Crippen molar-refractivity contribution in [2.24, 2.45) is 17.1 Å². The van der Waals surface area contributed by atoms with E-state index in [-0.39, 0.29) is 17.2 Å². The first-order valence-corrected chi connectivity index (χ1v) is 7.58. The minimum atomic E-state index is -3.15. The first-order valence-electron chi connectivity index (χ1n) is 5.92. The molecule has 0 radical (unpaired) electrons. The van der Waals surface area contributed by atoms with Gasteiger partial charge in [0.15, 0.2) is 0 Å². The van der Waals surface area contributed by atoms with E-state index in [0.29, 0.717) is 18.9 Å². The normalized spacial score (nSPS) is 19.8. The lowest BCUT2D eigenvalue weighted by Gasteiger charge is -2.18. The minimum absolute atomic E-state index is 0.00980. The van der Waals surface area contributed by atoms with Crippen LogP contribution in [0.25, 0.3) is 0 Å². The van der Waals surface area contributed by atoms with E-state index in [1.54, 1.807) is 0 Å². The van der Waals surface area contributed by atoms with E-state index >= 15 is 0 Å². The van der Waals surface area contributed by atoms with Crippen molar-refractivity contribution >= 4 is 10.0 Å². The third-order valence-electron chi connectivity index (χ3n) is 2.89. The SMILES string of the molecule is CC(C)(C)CCS(=O)(=O)NCC(N)C1CC1. The van der Waals surface area contributed by atoms with E-state index in [1.807, 2.05) is 20.8 Å². The van der Waals surface area contributed by atoms with Crippen LogP contribution in [0, 0.1) is 11.3 Å². The first kappa shape index (κ1) is 13.9. The fourth-order valence-electron chi connectivity index (χ4n) is 1.43. The van der Waals surface area contributed by atoms with E-state index in [9.17, 15) is 8.42 Å². The second-order valence-electron chi connectivity index (χ2n) is 5.98. The molecule has 0 aromatic rings. The number of rotatable bonds is 6. The molecule has 1 fully saturated rings. The number of sulfonamides is 1. The Hall–Kier alpha value is -0.130. The molecule has 1 atom stereocenters. The van der Waals surface area contributed by atoms with E-state index in [1.165, 1.54) is 0 Å². The Morgan fingerprint density at radius 1 is 1.38 bits per heavy atom. The van der Waals surface area contributed by atoms with Crippen molar-refractivity contribution in [3.05, 3.63) is 0 Å². The number of nitrogens with one attached hydrogen (secondary N) is 1. The van der Waals surface area contributed by atoms with Gasteiger partial charge in [-0.15, -0.1) is 0 Å². The monoisotopic (exact) mass is 248 g/mol. The predicted octanol–water partition coefficient (Wildman–Crippen LogP) is 1.08. The van der Waals surface area contributed by atoms with Crippen molar-refractivity contribution in [2.75, 3.05) is 12.3 Å². The van der Waals surface area contributed by atoms with E-state index in [2.05, 4.69) is 4.72 Å². The van der Waals surface area contributed by atoms with Crippen LogP contribution in [0.15, 0.2) is 0 Å². The van der Waals surface area contributed by atoms with Crippen molar-refractivity contribution in [3.8, 4) is 0 Å². The maximum absolute atomic E-state index is 11.7. The Bertz CT molecular complexity index is 315. The summed E-state index contributed by atoms with van der Waals surface area (Å²) in [4.78, 5) is 0. The van der Waals surface area contributed by atoms with Crippen molar-refractivity contribution < 1.29 is 8.42 Å². The summed E-state index contributed by atoms with van der Waals surface area (Å²) in [5, 5.41) is 0. The molecule has 0 spiro atoms. The molecular weight excluding hydrogens is 224 g/mol. The highest BCUT2D eigenvalue weighted by Crippen LogP contribution is 2.31. The molecule has 1 saturated carbocycles. The van der Waals surface area contributed by atoms with Gasteiger partial charge in [0.25, 0.3) is 0 Å². The molecule has 3 N–H and O–H groups in total. The second kappa shape index (κ2) is 5.02. The van der Waals surface area contributed by atoms with Crippen LogP contribution >= 0.6 is 0 Å². The Labute approximate surface area is 99.0 Å². The van der Waals surface area contributed by atoms with Gasteiger partial charge in [-0.1, -0.05) is 20.8 Å². The Balaban J connectivity index is 2.28. The quantitative estimate of drug-likeness (QED) is 0.739. The number of nitrogens with two attached hydrogens (primary N) is 1. The molecule has 4 nitrogen and oxygen atoms in total. The zero-order valence-electron chi connectivity index (χ0n) is 10.5. The van der Waals surface area contributed by atoms with Crippen molar-refractivity contribution in [2.45, 2.75) is 46.1 Å². The topological polar surface area (TPSA) is 72.2 Å². The van der Waals surface area contributed by atoms with Crippen molar-refractivity contribution in [1.29, 1.82) is 0 Å². The summed E-state index contributed by atoms with van der Waals surface area (Å²) >= 11 is 0. The van der Waals surface area contributed by atoms with Gasteiger partial charge in [0.05, 0.1) is 5.75 Å². The lowest BCUT2D eigenvalue weighted by molar-refractivity contribution is 0.396. The number of hydrogen-bond acceptors (Lipinski definition) is 3. The highest BCUT2D eigenvalue weighted by Gasteiger charge is 2.29. The van der Waals surface area contributed by atoms with Crippen LogP contribution in [0.3, 0.4) is 0 Å². The predicted molar refractivity (Wildman–Crippen MR) is 66.6 cm³/mol. The molecule has 0 saturated heterocycles. The molecule has 16 heavy (non-hydrogen) atoms. The summed E-state index contributed by atoms with van der Waals surface area (Å²) in [6.07, 6.45) is 2.96. The molecule has 0 heterocycles. The first-order chi connectivity index (χ1) is 7.20. The Morgan fingerprint density at radius 2 is 1.94 bits per heavy atom. The van der Waals surface area contributed by atoms with Crippen LogP contribution in [0.5, 0.6) is 0 Å². The van der Waals surface area contributed by atoms with Crippen molar-refractivity contribution in [3.63, 3.8) is 0 Å².